The number of hydrogen-bond acceptors (Lipinski definition) is 4. The smallest absolute Gasteiger partial charge is 0.307 e. The number of para-hydroxylation sites is 1. The topological polar surface area (TPSA) is 59.2 Å². The van der Waals surface area contributed by atoms with E-state index in [4.69, 9.17) is 4.74 Å². The molecule has 1 heterocycles. The number of aromatic nitrogens is 1. The van der Waals surface area contributed by atoms with E-state index < -0.39 is 12.1 Å². The van der Waals surface area contributed by atoms with E-state index in [1.54, 1.807) is 25.3 Å². The molecule has 1 unspecified atom stereocenters. The number of hydrogen-bond donors (Lipinski definition) is 1. The molecule has 0 saturated carbocycles. The van der Waals surface area contributed by atoms with Gasteiger partial charge < -0.3 is 9.72 Å². The maximum Gasteiger partial charge on any atom is 0.307 e. The van der Waals surface area contributed by atoms with Crippen molar-refractivity contribution in [1.29, 1.82) is 0 Å². The number of fused-ring (bicyclic) bond motifs is 1. The third-order valence-corrected chi connectivity index (χ3v) is 4.93. The Bertz CT molecular complexity index is 920. The van der Waals surface area contributed by atoms with E-state index in [-0.39, 0.29) is 18.0 Å². The second-order valence-electron chi connectivity index (χ2n) is 5.80. The number of Topliss-reactive ketones (excluding diaryl/α,β-unsaturated/α-hetero) is 1. The van der Waals surface area contributed by atoms with Gasteiger partial charge in [-0.05, 0) is 37.3 Å². The fourth-order valence-corrected chi connectivity index (χ4v) is 3.42. The minimum absolute atomic E-state index is 0.174. The number of H-pyrrole nitrogens is 1. The van der Waals surface area contributed by atoms with Gasteiger partial charge in [-0.15, -0.1) is 11.8 Å². The van der Waals surface area contributed by atoms with Gasteiger partial charge in [-0.1, -0.05) is 18.2 Å². The van der Waals surface area contributed by atoms with E-state index in [2.05, 4.69) is 4.98 Å². The highest BCUT2D eigenvalue weighted by atomic mass is 32.2. The molecule has 0 radical (unpaired) electrons. The molecule has 0 bridgehead atoms. The molecule has 1 atom stereocenters. The molecular formula is C20H18FNO3S. The molecule has 2 aromatic carbocycles. The van der Waals surface area contributed by atoms with Crippen LogP contribution in [0.2, 0.25) is 0 Å². The average molecular weight is 371 g/mol. The van der Waals surface area contributed by atoms with Crippen LogP contribution in [0.15, 0.2) is 59.6 Å². The number of aromatic amines is 1. The Labute approximate surface area is 154 Å². The van der Waals surface area contributed by atoms with E-state index in [1.165, 1.54) is 23.9 Å². The normalized spacial score (nSPS) is 12.1. The SMILES string of the molecule is CC(OC(=O)CCSc1ccc(F)cc1)C(=O)c1c[nH]c2ccccc12. The van der Waals surface area contributed by atoms with Crippen LogP contribution in [0.1, 0.15) is 23.7 Å². The summed E-state index contributed by atoms with van der Waals surface area (Å²) in [6.07, 6.45) is 0.965. The standard InChI is InChI=1S/C20H18FNO3S/c1-13(20(24)17-12-22-18-5-3-2-4-16(17)18)25-19(23)10-11-26-15-8-6-14(21)7-9-15/h2-9,12-13,22H,10-11H2,1H3. The van der Waals surface area contributed by atoms with Crippen molar-refractivity contribution in [2.24, 2.45) is 0 Å². The van der Waals surface area contributed by atoms with Crippen LogP contribution in [0.5, 0.6) is 0 Å². The van der Waals surface area contributed by atoms with Gasteiger partial charge in [0.25, 0.3) is 0 Å². The average Bonchev–Trinajstić information content (AvgIpc) is 3.06. The van der Waals surface area contributed by atoms with Crippen LogP contribution < -0.4 is 0 Å². The number of rotatable bonds is 7. The third kappa shape index (κ3) is 4.32. The lowest BCUT2D eigenvalue weighted by atomic mass is 10.1. The van der Waals surface area contributed by atoms with E-state index in [0.29, 0.717) is 11.3 Å². The fraction of sp³-hybridized carbons (Fsp3) is 0.200. The van der Waals surface area contributed by atoms with E-state index in [1.807, 2.05) is 24.3 Å². The molecule has 26 heavy (non-hydrogen) atoms. The lowest BCUT2D eigenvalue weighted by molar-refractivity contribution is -0.145. The van der Waals surface area contributed by atoms with Crippen LogP contribution in [-0.4, -0.2) is 28.6 Å². The lowest BCUT2D eigenvalue weighted by Gasteiger charge is -2.12. The molecule has 6 heteroatoms. The Morgan fingerprint density at radius 2 is 1.88 bits per heavy atom. The molecule has 0 amide bonds. The number of thioether (sulfide) groups is 1. The minimum atomic E-state index is -0.850. The van der Waals surface area contributed by atoms with Gasteiger partial charge in [0.2, 0.25) is 5.78 Å². The van der Waals surface area contributed by atoms with Gasteiger partial charge >= 0.3 is 5.97 Å². The molecule has 1 N–H and O–H groups in total. The first-order valence-corrected chi connectivity index (χ1v) is 9.21. The van der Waals surface area contributed by atoms with Crippen LogP contribution in [-0.2, 0) is 9.53 Å². The van der Waals surface area contributed by atoms with Crippen LogP contribution in [0.3, 0.4) is 0 Å². The summed E-state index contributed by atoms with van der Waals surface area (Å²) in [5, 5.41) is 0.812. The maximum absolute atomic E-state index is 12.9. The van der Waals surface area contributed by atoms with E-state index in [0.717, 1.165) is 15.8 Å². The molecule has 4 nitrogen and oxygen atoms in total. The Morgan fingerprint density at radius 1 is 1.15 bits per heavy atom. The quantitative estimate of drug-likeness (QED) is 0.374. The lowest BCUT2D eigenvalue weighted by Crippen LogP contribution is -2.24. The van der Waals surface area contributed by atoms with Crippen molar-refractivity contribution < 1.29 is 18.7 Å². The minimum Gasteiger partial charge on any atom is -0.454 e. The van der Waals surface area contributed by atoms with E-state index in [9.17, 15) is 14.0 Å². The molecule has 1 aromatic heterocycles. The Hall–Kier alpha value is -2.60. The zero-order valence-electron chi connectivity index (χ0n) is 14.2. The van der Waals surface area contributed by atoms with E-state index >= 15 is 0 Å². The van der Waals surface area contributed by atoms with Crippen molar-refractivity contribution in [1.82, 2.24) is 4.98 Å². The second-order valence-corrected chi connectivity index (χ2v) is 6.96. The molecule has 0 saturated heterocycles. The van der Waals surface area contributed by atoms with Crippen LogP contribution in [0.25, 0.3) is 10.9 Å². The maximum atomic E-state index is 12.9. The molecule has 3 rings (SSSR count). The Morgan fingerprint density at radius 3 is 2.65 bits per heavy atom. The first-order valence-electron chi connectivity index (χ1n) is 8.23. The predicted molar refractivity (Wildman–Crippen MR) is 99.9 cm³/mol. The summed E-state index contributed by atoms with van der Waals surface area (Å²) in [7, 11) is 0. The third-order valence-electron chi connectivity index (χ3n) is 3.92. The molecule has 0 aliphatic carbocycles. The highest BCUT2D eigenvalue weighted by Gasteiger charge is 2.22. The first kappa shape index (κ1) is 18.2. The van der Waals surface area contributed by atoms with Crippen molar-refractivity contribution >= 4 is 34.4 Å². The van der Waals surface area contributed by atoms with Crippen molar-refractivity contribution in [3.05, 3.63) is 66.1 Å². The largest absolute Gasteiger partial charge is 0.454 e. The number of carbonyl (C=O) groups is 2. The van der Waals surface area contributed by atoms with Gasteiger partial charge in [-0.25, -0.2) is 4.39 Å². The molecular weight excluding hydrogens is 353 g/mol. The van der Waals surface area contributed by atoms with Crippen LogP contribution in [0.4, 0.5) is 4.39 Å². The van der Waals surface area contributed by atoms with Crippen molar-refractivity contribution in [2.75, 3.05) is 5.75 Å². The molecule has 0 aliphatic heterocycles. The monoisotopic (exact) mass is 371 g/mol. The number of benzene rings is 2. The summed E-state index contributed by atoms with van der Waals surface area (Å²) in [6.45, 7) is 1.58. The molecule has 0 spiro atoms. The molecule has 3 aromatic rings. The van der Waals surface area contributed by atoms with Gasteiger partial charge in [0.15, 0.2) is 6.10 Å². The number of ether oxygens (including phenoxy) is 1. The summed E-state index contributed by atoms with van der Waals surface area (Å²) < 4.78 is 18.1. The van der Waals surface area contributed by atoms with Crippen LogP contribution >= 0.6 is 11.8 Å². The number of carbonyl (C=O) groups excluding carboxylic acids is 2. The zero-order chi connectivity index (χ0) is 18.5. The summed E-state index contributed by atoms with van der Waals surface area (Å²) in [5.74, 6) is -0.459. The predicted octanol–water partition coefficient (Wildman–Crippen LogP) is 4.60. The van der Waals surface area contributed by atoms with Crippen molar-refractivity contribution in [3.63, 3.8) is 0 Å². The number of halogens is 1. The van der Waals surface area contributed by atoms with Gasteiger partial charge in [0, 0.05) is 33.3 Å². The Kier molecular flexibility index (Phi) is 5.73. The molecule has 0 aliphatic rings. The fourth-order valence-electron chi connectivity index (χ4n) is 2.59. The van der Waals surface area contributed by atoms with Gasteiger partial charge in [0.1, 0.15) is 5.82 Å². The molecule has 0 fully saturated rings. The van der Waals surface area contributed by atoms with Crippen molar-refractivity contribution in [3.8, 4) is 0 Å². The zero-order valence-corrected chi connectivity index (χ0v) is 15.0. The summed E-state index contributed by atoms with van der Waals surface area (Å²) in [5.41, 5.74) is 1.38. The van der Waals surface area contributed by atoms with Crippen LogP contribution in [0, 0.1) is 5.82 Å². The first-order chi connectivity index (χ1) is 12.5. The second kappa shape index (κ2) is 8.19. The number of ketones is 1. The number of esters is 1. The summed E-state index contributed by atoms with van der Waals surface area (Å²) >= 11 is 1.44. The summed E-state index contributed by atoms with van der Waals surface area (Å²) in [4.78, 5) is 28.4. The highest BCUT2D eigenvalue weighted by Crippen LogP contribution is 2.21. The van der Waals surface area contributed by atoms with Gasteiger partial charge in [-0.3, -0.25) is 9.59 Å². The Balaban J connectivity index is 1.52. The number of nitrogens with one attached hydrogen (secondary N) is 1. The molecule has 134 valence electrons. The highest BCUT2D eigenvalue weighted by molar-refractivity contribution is 7.99. The van der Waals surface area contributed by atoms with Crippen molar-refractivity contribution in [2.45, 2.75) is 24.3 Å². The van der Waals surface area contributed by atoms with Gasteiger partial charge in [0.05, 0.1) is 6.42 Å². The summed E-state index contributed by atoms with van der Waals surface area (Å²) in [6, 6.07) is 13.6. The van der Waals surface area contributed by atoms with Gasteiger partial charge in [-0.2, -0.15) is 0 Å².